The number of hydrogen-bond acceptors (Lipinski definition) is 4. The number of carbonyl (C=O) groups is 1. The first kappa shape index (κ1) is 21.1. The second-order valence-electron chi connectivity index (χ2n) is 7.91. The number of aryl methyl sites for hydroxylation is 1. The fourth-order valence-corrected chi connectivity index (χ4v) is 3.98. The number of benzene rings is 2. The van der Waals surface area contributed by atoms with Crippen LogP contribution in [0.1, 0.15) is 34.6 Å². The van der Waals surface area contributed by atoms with Gasteiger partial charge in [0.25, 0.3) is 5.91 Å². The molecule has 2 aromatic carbocycles. The summed E-state index contributed by atoms with van der Waals surface area (Å²) in [5, 5.41) is 7.60. The molecule has 1 N–H and O–H groups in total. The van der Waals surface area contributed by atoms with E-state index in [9.17, 15) is 9.18 Å². The van der Waals surface area contributed by atoms with E-state index in [1.54, 1.807) is 10.7 Å². The third-order valence-corrected chi connectivity index (χ3v) is 5.67. The van der Waals surface area contributed by atoms with Crippen LogP contribution in [-0.2, 0) is 6.54 Å². The molecule has 0 saturated carbocycles. The summed E-state index contributed by atoms with van der Waals surface area (Å²) in [6.07, 6.45) is 1.70. The number of nitrogens with zero attached hydrogens (tertiary/aromatic N) is 3. The quantitative estimate of drug-likeness (QED) is 0.658. The van der Waals surface area contributed by atoms with Gasteiger partial charge in [0.1, 0.15) is 0 Å². The van der Waals surface area contributed by atoms with E-state index in [1.165, 1.54) is 13.2 Å². The van der Waals surface area contributed by atoms with Crippen LogP contribution in [0.5, 0.6) is 5.75 Å². The maximum Gasteiger partial charge on any atom is 0.272 e. The molecule has 0 aliphatic carbocycles. The molecule has 0 radical (unpaired) electrons. The molecule has 0 bridgehead atoms. The topological polar surface area (TPSA) is 59.4 Å². The van der Waals surface area contributed by atoms with Crippen LogP contribution in [0.25, 0.3) is 5.69 Å². The van der Waals surface area contributed by atoms with E-state index in [4.69, 9.17) is 4.74 Å². The van der Waals surface area contributed by atoms with Crippen LogP contribution in [0.3, 0.4) is 0 Å². The highest BCUT2D eigenvalue weighted by Gasteiger charge is 2.23. The van der Waals surface area contributed by atoms with E-state index in [1.807, 2.05) is 49.4 Å². The molecular formula is C24H27FN4O2. The van der Waals surface area contributed by atoms with Crippen molar-refractivity contribution in [2.45, 2.75) is 32.4 Å². The van der Waals surface area contributed by atoms with Crippen molar-refractivity contribution in [2.75, 3.05) is 20.2 Å². The average molecular weight is 423 g/mol. The minimum absolute atomic E-state index is 0.110. The summed E-state index contributed by atoms with van der Waals surface area (Å²) < 4.78 is 20.7. The molecule has 7 heteroatoms. The van der Waals surface area contributed by atoms with Crippen LogP contribution in [0, 0.1) is 12.7 Å². The van der Waals surface area contributed by atoms with Crippen molar-refractivity contribution in [1.82, 2.24) is 20.0 Å². The second kappa shape index (κ2) is 9.31. The molecule has 1 amide bonds. The van der Waals surface area contributed by atoms with Crippen LogP contribution >= 0.6 is 0 Å². The summed E-state index contributed by atoms with van der Waals surface area (Å²) in [7, 11) is 1.46. The predicted octanol–water partition coefficient (Wildman–Crippen LogP) is 3.72. The number of para-hydroxylation sites is 1. The highest BCUT2D eigenvalue weighted by molar-refractivity contribution is 5.92. The molecule has 1 aliphatic heterocycles. The fourth-order valence-electron chi connectivity index (χ4n) is 3.98. The molecule has 2 heterocycles. The zero-order valence-electron chi connectivity index (χ0n) is 17.8. The lowest BCUT2D eigenvalue weighted by Gasteiger charge is -2.32. The van der Waals surface area contributed by atoms with Crippen molar-refractivity contribution >= 4 is 5.91 Å². The molecular weight excluding hydrogens is 395 g/mol. The Kier molecular flexibility index (Phi) is 6.32. The lowest BCUT2D eigenvalue weighted by molar-refractivity contribution is 0.0903. The van der Waals surface area contributed by atoms with Gasteiger partial charge in [-0.1, -0.05) is 24.3 Å². The Labute approximate surface area is 181 Å². The van der Waals surface area contributed by atoms with Gasteiger partial charge in [0.15, 0.2) is 17.3 Å². The molecule has 6 nitrogen and oxygen atoms in total. The Morgan fingerprint density at radius 3 is 2.58 bits per heavy atom. The third-order valence-electron chi connectivity index (χ3n) is 5.67. The van der Waals surface area contributed by atoms with Gasteiger partial charge >= 0.3 is 0 Å². The Balaban J connectivity index is 1.31. The van der Waals surface area contributed by atoms with E-state index in [2.05, 4.69) is 15.3 Å². The average Bonchev–Trinajstić information content (AvgIpc) is 3.18. The van der Waals surface area contributed by atoms with Gasteiger partial charge in [0.2, 0.25) is 0 Å². The van der Waals surface area contributed by atoms with Crippen molar-refractivity contribution in [1.29, 1.82) is 0 Å². The second-order valence-corrected chi connectivity index (χ2v) is 7.91. The number of ether oxygens (including phenoxy) is 1. The summed E-state index contributed by atoms with van der Waals surface area (Å²) in [4.78, 5) is 15.0. The Morgan fingerprint density at radius 1 is 1.16 bits per heavy atom. The molecule has 3 aromatic rings. The van der Waals surface area contributed by atoms with Gasteiger partial charge in [-0.05, 0) is 55.7 Å². The number of rotatable bonds is 6. The molecule has 0 atom stereocenters. The number of aromatic nitrogens is 2. The zero-order valence-corrected chi connectivity index (χ0v) is 17.8. The van der Waals surface area contributed by atoms with Crippen molar-refractivity contribution in [2.24, 2.45) is 0 Å². The predicted molar refractivity (Wildman–Crippen MR) is 117 cm³/mol. The van der Waals surface area contributed by atoms with Crippen LogP contribution in [-0.4, -0.2) is 46.8 Å². The number of halogens is 1. The van der Waals surface area contributed by atoms with Gasteiger partial charge in [-0.3, -0.25) is 9.69 Å². The molecule has 31 heavy (non-hydrogen) atoms. The molecule has 1 aromatic heterocycles. The molecule has 1 fully saturated rings. The fraction of sp³-hybridized carbons (Fsp3) is 0.333. The van der Waals surface area contributed by atoms with Crippen molar-refractivity contribution < 1.29 is 13.9 Å². The Bertz CT molecular complexity index is 1040. The van der Waals surface area contributed by atoms with Crippen LogP contribution in [0.15, 0.2) is 54.6 Å². The smallest absolute Gasteiger partial charge is 0.272 e. The van der Waals surface area contributed by atoms with E-state index in [-0.39, 0.29) is 23.5 Å². The van der Waals surface area contributed by atoms with E-state index in [0.29, 0.717) is 12.2 Å². The third kappa shape index (κ3) is 4.94. The van der Waals surface area contributed by atoms with Gasteiger partial charge in [0, 0.05) is 31.4 Å². The largest absolute Gasteiger partial charge is 0.494 e. The number of carbonyl (C=O) groups excluding carboxylic acids is 1. The van der Waals surface area contributed by atoms with Crippen molar-refractivity contribution in [3.8, 4) is 11.4 Å². The number of piperidine rings is 1. The number of hydrogen-bond donors (Lipinski definition) is 1. The summed E-state index contributed by atoms with van der Waals surface area (Å²) in [6, 6.07) is 16.8. The highest BCUT2D eigenvalue weighted by Crippen LogP contribution is 2.20. The van der Waals surface area contributed by atoms with Crippen LogP contribution in [0.4, 0.5) is 4.39 Å². The Morgan fingerprint density at radius 2 is 1.90 bits per heavy atom. The normalized spacial score (nSPS) is 15.1. The molecule has 162 valence electrons. The standard InChI is InChI=1S/C24H27FN4O2/c1-17-14-22(27-29(17)20-6-4-3-5-7-20)24(30)26-19-10-12-28(13-11-19)16-18-8-9-23(31-2)21(25)15-18/h3-9,14-15,19H,10-13,16H2,1-2H3,(H,26,30). The summed E-state index contributed by atoms with van der Waals surface area (Å²) in [5.74, 6) is -0.226. The van der Waals surface area contributed by atoms with Crippen molar-refractivity contribution in [3.63, 3.8) is 0 Å². The van der Waals surface area contributed by atoms with Crippen LogP contribution in [0.2, 0.25) is 0 Å². The number of methoxy groups -OCH3 is 1. The maximum absolute atomic E-state index is 13.9. The molecule has 0 unspecified atom stereocenters. The lowest BCUT2D eigenvalue weighted by atomic mass is 10.0. The highest BCUT2D eigenvalue weighted by atomic mass is 19.1. The van der Waals surface area contributed by atoms with Crippen molar-refractivity contribution in [3.05, 3.63) is 77.4 Å². The Hall–Kier alpha value is -3.19. The first-order chi connectivity index (χ1) is 15.0. The zero-order chi connectivity index (χ0) is 21.8. The minimum atomic E-state index is -0.340. The minimum Gasteiger partial charge on any atom is -0.494 e. The summed E-state index contributed by atoms with van der Waals surface area (Å²) in [6.45, 7) is 4.31. The van der Waals surface area contributed by atoms with Gasteiger partial charge in [-0.2, -0.15) is 5.10 Å². The maximum atomic E-state index is 13.9. The SMILES string of the molecule is COc1ccc(CN2CCC(NC(=O)c3cc(C)n(-c4ccccc4)n3)CC2)cc1F. The van der Waals surface area contributed by atoms with Gasteiger partial charge < -0.3 is 10.1 Å². The molecule has 1 saturated heterocycles. The summed E-state index contributed by atoms with van der Waals surface area (Å²) >= 11 is 0. The van der Waals surface area contributed by atoms with E-state index < -0.39 is 0 Å². The molecule has 0 spiro atoms. The van der Waals surface area contributed by atoms with Gasteiger partial charge in [-0.25, -0.2) is 9.07 Å². The van der Waals surface area contributed by atoms with Crippen LogP contribution < -0.4 is 10.1 Å². The lowest BCUT2D eigenvalue weighted by Crippen LogP contribution is -2.44. The van der Waals surface area contributed by atoms with Gasteiger partial charge in [0.05, 0.1) is 12.8 Å². The summed E-state index contributed by atoms with van der Waals surface area (Å²) in [5.41, 5.74) is 3.19. The molecule has 1 aliphatic rings. The molecule has 4 rings (SSSR count). The van der Waals surface area contributed by atoms with Gasteiger partial charge in [-0.15, -0.1) is 0 Å². The first-order valence-corrected chi connectivity index (χ1v) is 10.5. The monoisotopic (exact) mass is 422 g/mol. The van der Waals surface area contributed by atoms with E-state index in [0.717, 1.165) is 42.9 Å². The number of likely N-dealkylation sites (tertiary alicyclic amines) is 1. The number of nitrogens with one attached hydrogen (secondary N) is 1. The van der Waals surface area contributed by atoms with E-state index >= 15 is 0 Å². The first-order valence-electron chi connectivity index (χ1n) is 10.5. The number of amides is 1.